The van der Waals surface area contributed by atoms with Crippen molar-refractivity contribution in [2.45, 2.75) is 0 Å². The number of rotatable bonds is 3. The summed E-state index contributed by atoms with van der Waals surface area (Å²) in [5, 5.41) is 0.471. The van der Waals surface area contributed by atoms with Crippen molar-refractivity contribution < 1.29 is 4.79 Å². The average Bonchev–Trinajstić information content (AvgIpc) is 2.40. The van der Waals surface area contributed by atoms with E-state index in [-0.39, 0.29) is 23.2 Å². The Morgan fingerprint density at radius 2 is 2.05 bits per heavy atom. The van der Waals surface area contributed by atoms with Crippen LogP contribution >= 0.6 is 11.6 Å². The third kappa shape index (κ3) is 3.02. The molecule has 19 heavy (non-hydrogen) atoms. The van der Waals surface area contributed by atoms with Crippen LogP contribution in [-0.2, 0) is 0 Å². The molecular formula is C11H11ClN6O. The maximum atomic E-state index is 11.8. The number of halogens is 1. The van der Waals surface area contributed by atoms with E-state index in [1.165, 1.54) is 12.4 Å². The van der Waals surface area contributed by atoms with Gasteiger partial charge in [-0.1, -0.05) is 17.7 Å². The third-order valence-electron chi connectivity index (χ3n) is 2.30. The van der Waals surface area contributed by atoms with Crippen molar-refractivity contribution in [2.24, 2.45) is 0 Å². The Balaban J connectivity index is 2.07. The summed E-state index contributed by atoms with van der Waals surface area (Å²) in [5.41, 5.74) is 16.7. The van der Waals surface area contributed by atoms with Gasteiger partial charge in [-0.3, -0.25) is 15.6 Å². The highest BCUT2D eigenvalue weighted by atomic mass is 35.5. The zero-order valence-corrected chi connectivity index (χ0v) is 10.5. The molecule has 1 heterocycles. The fourth-order valence-electron chi connectivity index (χ4n) is 1.33. The molecule has 0 fully saturated rings. The van der Waals surface area contributed by atoms with Crippen molar-refractivity contribution in [2.75, 3.05) is 16.9 Å². The van der Waals surface area contributed by atoms with Crippen molar-refractivity contribution in [3.8, 4) is 0 Å². The van der Waals surface area contributed by atoms with Crippen molar-refractivity contribution in [1.82, 2.24) is 15.4 Å². The lowest BCUT2D eigenvalue weighted by atomic mass is 10.2. The van der Waals surface area contributed by atoms with E-state index in [0.29, 0.717) is 10.6 Å². The molecule has 0 spiro atoms. The summed E-state index contributed by atoms with van der Waals surface area (Å²) in [6, 6.07) is 6.51. The van der Waals surface area contributed by atoms with Gasteiger partial charge >= 0.3 is 0 Å². The van der Waals surface area contributed by atoms with Crippen LogP contribution in [0.1, 0.15) is 10.4 Å². The fourth-order valence-corrected chi connectivity index (χ4v) is 1.52. The number of hydrogen-bond donors (Lipinski definition) is 4. The van der Waals surface area contributed by atoms with Crippen LogP contribution in [0.5, 0.6) is 0 Å². The highest BCUT2D eigenvalue weighted by Gasteiger charge is 2.08. The highest BCUT2D eigenvalue weighted by Crippen LogP contribution is 2.18. The molecule has 0 saturated heterocycles. The minimum atomic E-state index is -0.376. The van der Waals surface area contributed by atoms with Gasteiger partial charge < -0.3 is 11.5 Å². The number of carbonyl (C=O) groups is 1. The molecule has 1 amide bonds. The summed E-state index contributed by atoms with van der Waals surface area (Å²) in [4.78, 5) is 19.4. The topological polar surface area (TPSA) is 119 Å². The van der Waals surface area contributed by atoms with Crippen molar-refractivity contribution >= 4 is 34.8 Å². The summed E-state index contributed by atoms with van der Waals surface area (Å²) >= 11 is 5.79. The molecule has 0 bridgehead atoms. The average molecular weight is 279 g/mol. The first-order chi connectivity index (χ1) is 9.08. The van der Waals surface area contributed by atoms with Gasteiger partial charge in [0, 0.05) is 10.6 Å². The maximum Gasteiger partial charge on any atom is 0.269 e. The molecular weight excluding hydrogens is 268 g/mol. The van der Waals surface area contributed by atoms with E-state index >= 15 is 0 Å². The fraction of sp³-hybridized carbons (Fsp3) is 0. The normalized spacial score (nSPS) is 9.95. The SMILES string of the molecule is Nc1ncnc(NNC(=O)c2cccc(Cl)c2)c1N. The Bertz CT molecular complexity index is 618. The quantitative estimate of drug-likeness (QED) is 0.623. The highest BCUT2D eigenvalue weighted by molar-refractivity contribution is 6.30. The molecule has 2 rings (SSSR count). The summed E-state index contributed by atoms with van der Waals surface area (Å²) in [5.74, 6) is -0.0172. The number of nitrogens with one attached hydrogen (secondary N) is 2. The number of amides is 1. The van der Waals surface area contributed by atoms with Crippen molar-refractivity contribution in [3.63, 3.8) is 0 Å². The smallest absolute Gasteiger partial charge is 0.269 e. The van der Waals surface area contributed by atoms with Crippen molar-refractivity contribution in [1.29, 1.82) is 0 Å². The maximum absolute atomic E-state index is 11.8. The number of nitrogens with zero attached hydrogens (tertiary/aromatic N) is 2. The lowest BCUT2D eigenvalue weighted by Crippen LogP contribution is -2.30. The molecule has 0 aliphatic heterocycles. The number of hydrogen-bond acceptors (Lipinski definition) is 6. The molecule has 0 radical (unpaired) electrons. The largest absolute Gasteiger partial charge is 0.393 e. The Morgan fingerprint density at radius 1 is 1.26 bits per heavy atom. The number of aromatic nitrogens is 2. The van der Waals surface area contributed by atoms with E-state index in [9.17, 15) is 4.79 Å². The Morgan fingerprint density at radius 3 is 2.79 bits per heavy atom. The van der Waals surface area contributed by atoms with Crippen LogP contribution in [0.25, 0.3) is 0 Å². The zero-order valence-electron chi connectivity index (χ0n) is 9.72. The molecule has 8 heteroatoms. The minimum Gasteiger partial charge on any atom is -0.393 e. The number of hydrazine groups is 1. The van der Waals surface area contributed by atoms with Gasteiger partial charge in [0.25, 0.3) is 5.91 Å². The van der Waals surface area contributed by atoms with Crippen LogP contribution in [-0.4, -0.2) is 15.9 Å². The lowest BCUT2D eigenvalue weighted by Gasteiger charge is -2.10. The molecule has 2 aromatic rings. The second kappa shape index (κ2) is 5.40. The molecule has 1 aromatic heterocycles. The number of benzene rings is 1. The molecule has 0 atom stereocenters. The predicted octanol–water partition coefficient (Wildman–Crippen LogP) is 1.05. The standard InChI is InChI=1S/C11H11ClN6O/c12-7-3-1-2-6(4-7)11(19)18-17-10-8(13)9(14)15-5-16-10/h1-5H,13H2,(H,18,19)(H3,14,15,16,17). The van der Waals surface area contributed by atoms with Gasteiger partial charge in [-0.2, -0.15) is 0 Å². The summed E-state index contributed by atoms with van der Waals surface area (Å²) in [6.45, 7) is 0. The monoisotopic (exact) mass is 278 g/mol. The first-order valence-electron chi connectivity index (χ1n) is 5.26. The molecule has 0 aliphatic rings. The van der Waals surface area contributed by atoms with E-state index in [1.807, 2.05) is 0 Å². The summed E-state index contributed by atoms with van der Waals surface area (Å²) in [6.07, 6.45) is 1.24. The van der Waals surface area contributed by atoms with E-state index in [0.717, 1.165) is 0 Å². The van der Waals surface area contributed by atoms with Crippen LogP contribution in [0.2, 0.25) is 5.02 Å². The van der Waals surface area contributed by atoms with E-state index in [4.69, 9.17) is 23.1 Å². The second-order valence-electron chi connectivity index (χ2n) is 3.61. The number of nitrogens with two attached hydrogens (primary N) is 2. The van der Waals surface area contributed by atoms with Crippen LogP contribution < -0.4 is 22.3 Å². The number of anilines is 3. The van der Waals surface area contributed by atoms with E-state index in [2.05, 4.69) is 20.8 Å². The second-order valence-corrected chi connectivity index (χ2v) is 4.05. The zero-order chi connectivity index (χ0) is 13.8. The van der Waals surface area contributed by atoms with Gasteiger partial charge in [-0.15, -0.1) is 0 Å². The predicted molar refractivity (Wildman–Crippen MR) is 73.4 cm³/mol. The Kier molecular flexibility index (Phi) is 3.67. The van der Waals surface area contributed by atoms with Gasteiger partial charge in [0.2, 0.25) is 0 Å². The molecule has 98 valence electrons. The van der Waals surface area contributed by atoms with Crippen LogP contribution in [0.15, 0.2) is 30.6 Å². The van der Waals surface area contributed by atoms with Gasteiger partial charge in [0.1, 0.15) is 12.0 Å². The molecule has 0 aliphatic carbocycles. The lowest BCUT2D eigenvalue weighted by molar-refractivity contribution is 0.0962. The van der Waals surface area contributed by atoms with Gasteiger partial charge in [-0.25, -0.2) is 9.97 Å². The number of carbonyl (C=O) groups excluding carboxylic acids is 1. The first-order valence-corrected chi connectivity index (χ1v) is 5.63. The Labute approximate surface area is 114 Å². The van der Waals surface area contributed by atoms with Crippen LogP contribution in [0, 0.1) is 0 Å². The van der Waals surface area contributed by atoms with Gasteiger partial charge in [0.15, 0.2) is 11.6 Å². The third-order valence-corrected chi connectivity index (χ3v) is 2.53. The minimum absolute atomic E-state index is 0.134. The summed E-state index contributed by atoms with van der Waals surface area (Å²) < 4.78 is 0. The molecule has 1 aromatic carbocycles. The molecule has 7 nitrogen and oxygen atoms in total. The van der Waals surface area contributed by atoms with Crippen molar-refractivity contribution in [3.05, 3.63) is 41.2 Å². The molecule has 0 saturated carbocycles. The van der Waals surface area contributed by atoms with E-state index in [1.54, 1.807) is 18.2 Å². The summed E-state index contributed by atoms with van der Waals surface area (Å²) in [7, 11) is 0. The number of nitrogen functional groups attached to an aromatic ring is 2. The van der Waals surface area contributed by atoms with Gasteiger partial charge in [0.05, 0.1) is 0 Å². The van der Waals surface area contributed by atoms with Gasteiger partial charge in [-0.05, 0) is 18.2 Å². The van der Waals surface area contributed by atoms with E-state index < -0.39 is 0 Å². The van der Waals surface area contributed by atoms with Crippen LogP contribution in [0.4, 0.5) is 17.3 Å². The Hall–Kier alpha value is -2.54. The molecule has 0 unspecified atom stereocenters. The van der Waals surface area contributed by atoms with Crippen LogP contribution in [0.3, 0.4) is 0 Å². The molecule has 6 N–H and O–H groups in total. The first kappa shape index (κ1) is 12.9.